The van der Waals surface area contributed by atoms with Crippen LogP contribution in [0.5, 0.6) is 0 Å². The van der Waals surface area contributed by atoms with Crippen LogP contribution in [0, 0.1) is 0 Å². The molecule has 0 heterocycles. The molecule has 0 radical (unpaired) electrons. The molecule has 2 aromatic rings. The third-order valence-corrected chi connectivity index (χ3v) is 3.76. The predicted molar refractivity (Wildman–Crippen MR) is 80.9 cm³/mol. The predicted octanol–water partition coefficient (Wildman–Crippen LogP) is 4.83. The molecule has 0 aliphatic carbocycles. The average Bonchev–Trinajstić information content (AvgIpc) is 2.42. The molecule has 0 bridgehead atoms. The molecule has 0 spiro atoms. The zero-order valence-corrected chi connectivity index (χ0v) is 12.2. The zero-order chi connectivity index (χ0) is 13.8. The summed E-state index contributed by atoms with van der Waals surface area (Å²) in [5, 5.41) is 11.5. The van der Waals surface area contributed by atoms with Crippen LogP contribution < -0.4 is 0 Å². The van der Waals surface area contributed by atoms with E-state index in [4.69, 9.17) is 23.2 Å². The van der Waals surface area contributed by atoms with Crippen LogP contribution in [-0.4, -0.2) is 5.11 Å². The fourth-order valence-corrected chi connectivity index (χ4v) is 2.52. The molecular formula is C16H16Cl2O. The van der Waals surface area contributed by atoms with E-state index < -0.39 is 6.10 Å². The molecular weight excluding hydrogens is 279 g/mol. The third-order valence-electron chi connectivity index (χ3n) is 3.17. The van der Waals surface area contributed by atoms with Gasteiger partial charge in [-0.1, -0.05) is 60.5 Å². The van der Waals surface area contributed by atoms with Crippen molar-refractivity contribution in [3.8, 4) is 0 Å². The van der Waals surface area contributed by atoms with Crippen molar-refractivity contribution in [2.75, 3.05) is 0 Å². The summed E-state index contributed by atoms with van der Waals surface area (Å²) in [5.41, 5.74) is 3.05. The van der Waals surface area contributed by atoms with Crippen molar-refractivity contribution < 1.29 is 5.11 Å². The Hall–Kier alpha value is -1.02. The monoisotopic (exact) mass is 294 g/mol. The van der Waals surface area contributed by atoms with Crippen molar-refractivity contribution in [2.24, 2.45) is 0 Å². The second-order valence-electron chi connectivity index (χ2n) is 4.55. The Bertz CT molecular complexity index is 566. The Morgan fingerprint density at radius 2 is 1.89 bits per heavy atom. The molecule has 0 amide bonds. The van der Waals surface area contributed by atoms with E-state index in [-0.39, 0.29) is 0 Å². The molecule has 0 aliphatic rings. The molecule has 3 heteroatoms. The van der Waals surface area contributed by atoms with Gasteiger partial charge < -0.3 is 5.11 Å². The number of rotatable bonds is 4. The Labute approximate surface area is 123 Å². The smallest absolute Gasteiger partial charge is 0.0831 e. The third kappa shape index (κ3) is 3.73. The molecule has 0 saturated carbocycles. The molecule has 100 valence electrons. The van der Waals surface area contributed by atoms with E-state index in [9.17, 15) is 5.11 Å². The first-order valence-electron chi connectivity index (χ1n) is 6.31. The SMILES string of the molecule is CCc1cccc(C(O)Cc2ccc(Cl)cc2Cl)c1. The lowest BCUT2D eigenvalue weighted by Crippen LogP contribution is -2.03. The highest BCUT2D eigenvalue weighted by molar-refractivity contribution is 6.35. The fraction of sp³-hybridized carbons (Fsp3) is 0.250. The van der Waals surface area contributed by atoms with Crippen LogP contribution in [0.2, 0.25) is 10.0 Å². The van der Waals surface area contributed by atoms with Crippen molar-refractivity contribution in [2.45, 2.75) is 25.9 Å². The molecule has 19 heavy (non-hydrogen) atoms. The summed E-state index contributed by atoms with van der Waals surface area (Å²) in [6.45, 7) is 2.10. The number of hydrogen-bond acceptors (Lipinski definition) is 1. The zero-order valence-electron chi connectivity index (χ0n) is 10.7. The Morgan fingerprint density at radius 3 is 2.58 bits per heavy atom. The van der Waals surface area contributed by atoms with Crippen LogP contribution in [0.25, 0.3) is 0 Å². The summed E-state index contributed by atoms with van der Waals surface area (Å²) >= 11 is 12.0. The molecule has 1 nitrogen and oxygen atoms in total. The molecule has 0 aromatic heterocycles. The van der Waals surface area contributed by atoms with E-state index in [1.54, 1.807) is 12.1 Å². The highest BCUT2D eigenvalue weighted by atomic mass is 35.5. The number of aryl methyl sites for hydroxylation is 1. The van der Waals surface area contributed by atoms with Gasteiger partial charge in [-0.05, 0) is 35.2 Å². The van der Waals surface area contributed by atoms with Gasteiger partial charge in [0.25, 0.3) is 0 Å². The van der Waals surface area contributed by atoms with Gasteiger partial charge in [-0.3, -0.25) is 0 Å². The van der Waals surface area contributed by atoms with Crippen LogP contribution in [0.1, 0.15) is 29.7 Å². The van der Waals surface area contributed by atoms with E-state index in [1.807, 2.05) is 24.3 Å². The number of hydrogen-bond donors (Lipinski definition) is 1. The highest BCUT2D eigenvalue weighted by Crippen LogP contribution is 2.26. The summed E-state index contributed by atoms with van der Waals surface area (Å²) < 4.78 is 0. The summed E-state index contributed by atoms with van der Waals surface area (Å²) in [5.74, 6) is 0. The van der Waals surface area contributed by atoms with Crippen LogP contribution in [0.4, 0.5) is 0 Å². The van der Waals surface area contributed by atoms with E-state index >= 15 is 0 Å². The van der Waals surface area contributed by atoms with Crippen LogP contribution in [0.15, 0.2) is 42.5 Å². The van der Waals surface area contributed by atoms with Gasteiger partial charge in [-0.25, -0.2) is 0 Å². The quantitative estimate of drug-likeness (QED) is 0.856. The van der Waals surface area contributed by atoms with E-state index in [0.717, 1.165) is 17.5 Å². The lowest BCUT2D eigenvalue weighted by atomic mass is 9.99. The Morgan fingerprint density at radius 1 is 1.11 bits per heavy atom. The summed E-state index contributed by atoms with van der Waals surface area (Å²) in [6.07, 6.45) is 0.899. The minimum absolute atomic E-state index is 0.489. The molecule has 0 fully saturated rings. The number of aliphatic hydroxyl groups is 1. The minimum atomic E-state index is -0.551. The summed E-state index contributed by atoms with van der Waals surface area (Å²) in [7, 11) is 0. The van der Waals surface area contributed by atoms with Crippen LogP contribution in [-0.2, 0) is 12.8 Å². The van der Waals surface area contributed by atoms with E-state index in [2.05, 4.69) is 13.0 Å². The highest BCUT2D eigenvalue weighted by Gasteiger charge is 2.11. The van der Waals surface area contributed by atoms with Crippen molar-refractivity contribution in [3.63, 3.8) is 0 Å². The number of benzene rings is 2. The molecule has 0 saturated heterocycles. The average molecular weight is 295 g/mol. The topological polar surface area (TPSA) is 20.2 Å². The minimum Gasteiger partial charge on any atom is -0.388 e. The van der Waals surface area contributed by atoms with Crippen molar-refractivity contribution >= 4 is 23.2 Å². The van der Waals surface area contributed by atoms with Gasteiger partial charge in [0.05, 0.1) is 6.10 Å². The molecule has 1 atom stereocenters. The first kappa shape index (κ1) is 14.4. The van der Waals surface area contributed by atoms with Crippen molar-refractivity contribution in [1.82, 2.24) is 0 Å². The van der Waals surface area contributed by atoms with Gasteiger partial charge >= 0.3 is 0 Å². The summed E-state index contributed by atoms with van der Waals surface area (Å²) in [4.78, 5) is 0. The molecule has 1 N–H and O–H groups in total. The second-order valence-corrected chi connectivity index (χ2v) is 5.40. The number of halogens is 2. The first-order chi connectivity index (χ1) is 9.10. The lowest BCUT2D eigenvalue weighted by Gasteiger charge is -2.13. The molecule has 0 aliphatic heterocycles. The first-order valence-corrected chi connectivity index (χ1v) is 7.06. The van der Waals surface area contributed by atoms with Gasteiger partial charge in [0.1, 0.15) is 0 Å². The Kier molecular flexibility index (Phi) is 4.87. The molecule has 2 rings (SSSR count). The van der Waals surface area contributed by atoms with Gasteiger partial charge in [-0.2, -0.15) is 0 Å². The van der Waals surface area contributed by atoms with E-state index in [1.165, 1.54) is 5.56 Å². The van der Waals surface area contributed by atoms with Crippen molar-refractivity contribution in [3.05, 3.63) is 69.2 Å². The lowest BCUT2D eigenvalue weighted by molar-refractivity contribution is 0.178. The van der Waals surface area contributed by atoms with Crippen LogP contribution >= 0.6 is 23.2 Å². The second kappa shape index (κ2) is 6.42. The maximum absolute atomic E-state index is 10.3. The Balaban J connectivity index is 2.17. The largest absolute Gasteiger partial charge is 0.388 e. The standard InChI is InChI=1S/C16H16Cl2O/c1-2-11-4-3-5-13(8-11)16(19)9-12-6-7-14(17)10-15(12)18/h3-8,10,16,19H,2,9H2,1H3. The van der Waals surface area contributed by atoms with Gasteiger partial charge in [0.15, 0.2) is 0 Å². The number of aliphatic hydroxyl groups excluding tert-OH is 1. The maximum Gasteiger partial charge on any atom is 0.0831 e. The van der Waals surface area contributed by atoms with Gasteiger partial charge in [0, 0.05) is 16.5 Å². The molecule has 2 aromatic carbocycles. The summed E-state index contributed by atoms with van der Waals surface area (Å²) in [6, 6.07) is 13.4. The fourth-order valence-electron chi connectivity index (χ4n) is 2.03. The molecule has 1 unspecified atom stereocenters. The maximum atomic E-state index is 10.3. The van der Waals surface area contributed by atoms with Gasteiger partial charge in [-0.15, -0.1) is 0 Å². The van der Waals surface area contributed by atoms with Gasteiger partial charge in [0.2, 0.25) is 0 Å². The van der Waals surface area contributed by atoms with Crippen LogP contribution in [0.3, 0.4) is 0 Å². The van der Waals surface area contributed by atoms with Crippen molar-refractivity contribution in [1.29, 1.82) is 0 Å². The normalized spacial score (nSPS) is 12.4. The van der Waals surface area contributed by atoms with E-state index in [0.29, 0.717) is 16.5 Å².